The van der Waals surface area contributed by atoms with Crippen molar-refractivity contribution in [2.75, 3.05) is 7.11 Å². The van der Waals surface area contributed by atoms with Crippen LogP contribution in [-0.2, 0) is 19.7 Å². The maximum Gasteiger partial charge on any atom is 0.550 e. The van der Waals surface area contributed by atoms with Gasteiger partial charge in [0.25, 0.3) is 0 Å². The van der Waals surface area contributed by atoms with Crippen LogP contribution in [0.15, 0.2) is 18.2 Å². The van der Waals surface area contributed by atoms with E-state index in [9.17, 15) is 18.0 Å². The topological polar surface area (TPSA) is 44.8 Å². The van der Waals surface area contributed by atoms with Gasteiger partial charge < -0.3 is 4.74 Å². The van der Waals surface area contributed by atoms with Crippen LogP contribution in [0.5, 0.6) is 0 Å². The summed E-state index contributed by atoms with van der Waals surface area (Å²) in [7, 11) is 1.31. The fraction of sp³-hybridized carbons (Fsp3) is 0.588. The van der Waals surface area contributed by atoms with Gasteiger partial charge in [0.05, 0.1) is 12.7 Å². The van der Waals surface area contributed by atoms with Crippen molar-refractivity contribution in [1.29, 1.82) is 0 Å². The van der Waals surface area contributed by atoms with Crippen LogP contribution in [0.2, 0.25) is 0 Å². The number of alkyl halides is 3. The Morgan fingerprint density at radius 3 is 2.64 bits per heavy atom. The van der Waals surface area contributed by atoms with Gasteiger partial charge in [-0.1, -0.05) is 26.3 Å². The molecule has 1 aromatic carbocycles. The third kappa shape index (κ3) is 5.36. The number of carbonyl (C=O) groups is 1. The van der Waals surface area contributed by atoms with Crippen LogP contribution < -0.4 is 0 Å². The molecule has 0 amide bonds. The Kier molecular flexibility index (Phi) is 6.40. The fourth-order valence-electron chi connectivity index (χ4n) is 3.35. The lowest BCUT2D eigenvalue weighted by Crippen LogP contribution is -2.18. The van der Waals surface area contributed by atoms with E-state index in [1.807, 2.05) is 0 Å². The number of hydrogen-bond donors (Lipinski definition) is 0. The molecule has 0 spiro atoms. The van der Waals surface area contributed by atoms with Crippen LogP contribution in [0.1, 0.15) is 60.5 Å². The zero-order valence-corrected chi connectivity index (χ0v) is 15.1. The van der Waals surface area contributed by atoms with Gasteiger partial charge in [-0.2, -0.15) is 4.33 Å². The second-order valence-corrected chi connectivity index (χ2v) is 7.36. The van der Waals surface area contributed by atoms with E-state index < -0.39 is 12.3 Å². The summed E-state index contributed by atoms with van der Waals surface area (Å²) in [6, 6.07) is 5.13. The minimum absolute atomic E-state index is 0.0531. The number of methoxy groups -OCH3 is 1. The summed E-state index contributed by atoms with van der Waals surface area (Å²) >= 11 is 0.568. The molecule has 8 heteroatoms. The molecule has 25 heavy (non-hydrogen) atoms. The van der Waals surface area contributed by atoms with E-state index in [1.165, 1.54) is 7.11 Å². The third-order valence-corrected chi connectivity index (χ3v) is 5.18. The van der Waals surface area contributed by atoms with Crippen molar-refractivity contribution in [2.24, 2.45) is 5.41 Å². The van der Waals surface area contributed by atoms with Gasteiger partial charge in [-0.15, -0.1) is 18.1 Å². The summed E-state index contributed by atoms with van der Waals surface area (Å²) in [6.07, 6.45) is -1.74. The lowest BCUT2D eigenvalue weighted by atomic mass is 9.76. The first kappa shape index (κ1) is 20.1. The van der Waals surface area contributed by atoms with Crippen molar-refractivity contribution < 1.29 is 31.9 Å². The molecule has 0 saturated heterocycles. The SMILES string of the molecule is COC(=O)c1ccc(CSOOC(F)(F)F)c([C@H]2CCCC2(C)C)c1. The standard InChI is InChI=1S/C17H21F3O4S/c1-16(2)8-4-5-14(16)13-9-11(15(21)22-3)6-7-12(13)10-25-24-23-17(18,19)20/h6-7,9,14H,4-5,8,10H2,1-3H3/t14-/m1/s1. The molecule has 0 N–H and O–H groups in total. The van der Waals surface area contributed by atoms with Crippen molar-refractivity contribution >= 4 is 18.0 Å². The van der Waals surface area contributed by atoms with Crippen LogP contribution in [0.4, 0.5) is 13.2 Å². The van der Waals surface area contributed by atoms with Crippen molar-refractivity contribution in [1.82, 2.24) is 0 Å². The quantitative estimate of drug-likeness (QED) is 0.219. The van der Waals surface area contributed by atoms with Gasteiger partial charge in [0.1, 0.15) is 0 Å². The van der Waals surface area contributed by atoms with Gasteiger partial charge in [-0.05, 0) is 47.4 Å². The van der Waals surface area contributed by atoms with Crippen molar-refractivity contribution in [3.05, 3.63) is 34.9 Å². The number of rotatable bonds is 6. The van der Waals surface area contributed by atoms with Crippen LogP contribution in [0.25, 0.3) is 0 Å². The zero-order valence-electron chi connectivity index (χ0n) is 14.3. The van der Waals surface area contributed by atoms with Gasteiger partial charge in [0.15, 0.2) is 0 Å². The highest BCUT2D eigenvalue weighted by Crippen LogP contribution is 2.50. The molecule has 0 aliphatic heterocycles. The van der Waals surface area contributed by atoms with Gasteiger partial charge in [-0.25, -0.2) is 4.79 Å². The molecule has 0 radical (unpaired) electrons. The molecule has 4 nitrogen and oxygen atoms in total. The molecule has 2 rings (SSSR count). The second-order valence-electron chi connectivity index (χ2n) is 6.70. The lowest BCUT2D eigenvalue weighted by Gasteiger charge is -2.29. The molecule has 1 atom stereocenters. The molecular weight excluding hydrogens is 357 g/mol. The largest absolute Gasteiger partial charge is 0.550 e. The summed E-state index contributed by atoms with van der Waals surface area (Å²) in [4.78, 5) is 15.2. The van der Waals surface area contributed by atoms with Gasteiger partial charge in [0.2, 0.25) is 0 Å². The maximum atomic E-state index is 12.0. The summed E-state index contributed by atoms with van der Waals surface area (Å²) in [6.45, 7) is 4.32. The molecule has 1 fully saturated rings. The highest BCUT2D eigenvalue weighted by molar-refractivity contribution is 7.93. The van der Waals surface area contributed by atoms with Crippen LogP contribution in [0, 0.1) is 5.41 Å². The van der Waals surface area contributed by atoms with Crippen LogP contribution in [-0.4, -0.2) is 19.4 Å². The predicted molar refractivity (Wildman–Crippen MR) is 87.7 cm³/mol. The first-order valence-corrected chi connectivity index (χ1v) is 8.80. The monoisotopic (exact) mass is 378 g/mol. The van der Waals surface area contributed by atoms with Crippen molar-refractivity contribution in [2.45, 2.75) is 51.1 Å². The molecule has 1 aliphatic carbocycles. The Balaban J connectivity index is 2.21. The van der Waals surface area contributed by atoms with Gasteiger partial charge in [0, 0.05) is 17.8 Å². The van der Waals surface area contributed by atoms with E-state index in [4.69, 9.17) is 4.74 Å². The van der Waals surface area contributed by atoms with Crippen molar-refractivity contribution in [3.8, 4) is 0 Å². The Labute approximate surface area is 149 Å². The normalized spacial score (nSPS) is 19.8. The van der Waals surface area contributed by atoms with E-state index in [2.05, 4.69) is 23.1 Å². The minimum atomic E-state index is -4.84. The number of esters is 1. The highest BCUT2D eigenvalue weighted by atomic mass is 32.2. The van der Waals surface area contributed by atoms with Gasteiger partial charge in [-0.3, -0.25) is 0 Å². The number of ether oxygens (including phenoxy) is 1. The summed E-state index contributed by atoms with van der Waals surface area (Å²) in [5.74, 6) is -0.0384. The van der Waals surface area contributed by atoms with E-state index in [1.54, 1.807) is 18.2 Å². The molecule has 1 saturated carbocycles. The smallest absolute Gasteiger partial charge is 0.465 e. The first-order chi connectivity index (χ1) is 11.6. The Morgan fingerprint density at radius 1 is 1.36 bits per heavy atom. The molecular formula is C17H21F3O4S. The summed E-state index contributed by atoms with van der Waals surface area (Å²) < 4.78 is 44.9. The second kappa shape index (κ2) is 7.97. The molecule has 0 aromatic heterocycles. The zero-order chi connectivity index (χ0) is 18.7. The molecule has 1 aliphatic rings. The Hall–Kier alpha value is -1.25. The molecule has 1 aromatic rings. The lowest BCUT2D eigenvalue weighted by molar-refractivity contribution is -0.440. The number of benzene rings is 1. The van der Waals surface area contributed by atoms with Crippen LogP contribution >= 0.6 is 12.0 Å². The minimum Gasteiger partial charge on any atom is -0.465 e. The Bertz CT molecular complexity index is 616. The first-order valence-electron chi connectivity index (χ1n) is 7.89. The summed E-state index contributed by atoms with van der Waals surface area (Å²) in [5, 5.41) is 0. The molecule has 0 heterocycles. The highest BCUT2D eigenvalue weighted by Gasteiger charge is 2.37. The van der Waals surface area contributed by atoms with E-state index in [0.717, 1.165) is 30.4 Å². The summed E-state index contributed by atoms with van der Waals surface area (Å²) in [5.41, 5.74) is 2.26. The molecule has 0 unspecified atom stereocenters. The fourth-order valence-corrected chi connectivity index (χ4v) is 3.91. The van der Waals surface area contributed by atoms with E-state index in [-0.39, 0.29) is 17.1 Å². The maximum absolute atomic E-state index is 12.0. The third-order valence-electron chi connectivity index (χ3n) is 4.59. The van der Waals surface area contributed by atoms with E-state index in [0.29, 0.717) is 17.6 Å². The Morgan fingerprint density at radius 2 is 2.08 bits per heavy atom. The number of carbonyl (C=O) groups excluding carboxylic acids is 1. The van der Waals surface area contributed by atoms with Crippen molar-refractivity contribution in [3.63, 3.8) is 0 Å². The number of halogens is 3. The molecule has 0 bridgehead atoms. The van der Waals surface area contributed by atoms with E-state index >= 15 is 0 Å². The average molecular weight is 378 g/mol. The average Bonchev–Trinajstić information content (AvgIpc) is 2.89. The molecule has 140 valence electrons. The van der Waals surface area contributed by atoms with Crippen LogP contribution in [0.3, 0.4) is 0 Å². The number of hydrogen-bond acceptors (Lipinski definition) is 5. The van der Waals surface area contributed by atoms with Gasteiger partial charge >= 0.3 is 12.3 Å². The predicted octanol–water partition coefficient (Wildman–Crippen LogP) is 5.38.